The summed E-state index contributed by atoms with van der Waals surface area (Å²) in [5.41, 5.74) is 1.89. The van der Waals surface area contributed by atoms with Gasteiger partial charge < -0.3 is 5.32 Å². The van der Waals surface area contributed by atoms with Gasteiger partial charge in [0.1, 0.15) is 5.01 Å². The van der Waals surface area contributed by atoms with E-state index >= 15 is 0 Å². The zero-order valence-corrected chi connectivity index (χ0v) is 14.5. The Labute approximate surface area is 140 Å². The van der Waals surface area contributed by atoms with Crippen molar-refractivity contribution in [3.63, 3.8) is 0 Å². The molecule has 0 aliphatic rings. The summed E-state index contributed by atoms with van der Waals surface area (Å²) in [4.78, 5) is 18.3. The molecule has 1 aromatic heterocycles. The number of hydrogen-bond donors (Lipinski definition) is 1. The first-order chi connectivity index (χ1) is 10.5. The zero-order chi connectivity index (χ0) is 16.1. The van der Waals surface area contributed by atoms with Gasteiger partial charge in [-0.2, -0.15) is 0 Å². The lowest BCUT2D eigenvalue weighted by atomic mass is 10.2. The Bertz CT molecular complexity index is 642. The van der Waals surface area contributed by atoms with E-state index in [9.17, 15) is 4.79 Å². The molecule has 0 atom stereocenters. The summed E-state index contributed by atoms with van der Waals surface area (Å²) in [6.07, 6.45) is 0. The second-order valence-electron chi connectivity index (χ2n) is 5.52. The van der Waals surface area contributed by atoms with E-state index < -0.39 is 0 Å². The molecule has 0 bridgehead atoms. The lowest BCUT2D eigenvalue weighted by molar-refractivity contribution is -0.122. The number of benzene rings is 1. The van der Waals surface area contributed by atoms with Crippen molar-refractivity contribution < 1.29 is 4.79 Å². The van der Waals surface area contributed by atoms with Crippen molar-refractivity contribution in [3.8, 4) is 10.6 Å². The standard InChI is InChI=1S/C16H20ClN3OS/c1-11(2)18-15(21)9-20(3)8-12-10-22-16(19-12)13-6-4-5-7-14(13)17/h4-7,10-11H,8-9H2,1-3H3,(H,18,21). The van der Waals surface area contributed by atoms with E-state index in [0.29, 0.717) is 18.1 Å². The van der Waals surface area contributed by atoms with Crippen LogP contribution in [0.3, 0.4) is 0 Å². The highest BCUT2D eigenvalue weighted by atomic mass is 35.5. The maximum absolute atomic E-state index is 11.7. The Morgan fingerprint density at radius 3 is 2.82 bits per heavy atom. The van der Waals surface area contributed by atoms with Crippen LogP contribution >= 0.6 is 22.9 Å². The topological polar surface area (TPSA) is 45.2 Å². The number of nitrogens with zero attached hydrogens (tertiary/aromatic N) is 2. The fourth-order valence-electron chi connectivity index (χ4n) is 2.08. The van der Waals surface area contributed by atoms with Gasteiger partial charge in [-0.1, -0.05) is 29.8 Å². The first-order valence-electron chi connectivity index (χ1n) is 7.13. The van der Waals surface area contributed by atoms with Gasteiger partial charge in [-0.15, -0.1) is 11.3 Å². The molecule has 0 saturated carbocycles. The quantitative estimate of drug-likeness (QED) is 0.878. The third-order valence-corrected chi connectivity index (χ3v) is 4.21. The second-order valence-corrected chi connectivity index (χ2v) is 6.78. The fraction of sp³-hybridized carbons (Fsp3) is 0.375. The lowest BCUT2D eigenvalue weighted by Gasteiger charge is -2.16. The predicted molar refractivity (Wildman–Crippen MR) is 92.2 cm³/mol. The van der Waals surface area contributed by atoms with E-state index in [-0.39, 0.29) is 11.9 Å². The van der Waals surface area contributed by atoms with Crippen molar-refractivity contribution in [2.24, 2.45) is 0 Å². The molecule has 0 radical (unpaired) electrons. The molecule has 2 aromatic rings. The fourth-order valence-corrected chi connectivity index (χ4v) is 3.21. The Morgan fingerprint density at radius 2 is 2.14 bits per heavy atom. The number of thiazole rings is 1. The maximum Gasteiger partial charge on any atom is 0.234 e. The van der Waals surface area contributed by atoms with Gasteiger partial charge in [0.05, 0.1) is 17.3 Å². The third-order valence-electron chi connectivity index (χ3n) is 2.95. The summed E-state index contributed by atoms with van der Waals surface area (Å²) < 4.78 is 0. The van der Waals surface area contributed by atoms with Gasteiger partial charge in [-0.05, 0) is 27.0 Å². The first-order valence-corrected chi connectivity index (χ1v) is 8.38. The Hall–Kier alpha value is -1.43. The van der Waals surface area contributed by atoms with Crippen molar-refractivity contribution in [3.05, 3.63) is 40.4 Å². The Morgan fingerprint density at radius 1 is 1.41 bits per heavy atom. The van der Waals surface area contributed by atoms with Crippen LogP contribution in [0.2, 0.25) is 5.02 Å². The minimum atomic E-state index is 0.0269. The summed E-state index contributed by atoms with van der Waals surface area (Å²) in [7, 11) is 1.91. The number of amides is 1. The number of carbonyl (C=O) groups excluding carboxylic acids is 1. The van der Waals surface area contributed by atoms with E-state index in [1.165, 1.54) is 0 Å². The SMILES string of the molecule is CC(C)NC(=O)CN(C)Cc1csc(-c2ccccc2Cl)n1. The second kappa shape index (κ2) is 7.72. The molecule has 0 saturated heterocycles. The summed E-state index contributed by atoms with van der Waals surface area (Å²) in [5, 5.41) is 6.50. The monoisotopic (exact) mass is 337 g/mol. The number of hydrogen-bond acceptors (Lipinski definition) is 4. The molecule has 0 unspecified atom stereocenters. The number of carbonyl (C=O) groups is 1. The summed E-state index contributed by atoms with van der Waals surface area (Å²) in [5.74, 6) is 0.0269. The largest absolute Gasteiger partial charge is 0.353 e. The van der Waals surface area contributed by atoms with Crippen LogP contribution in [0, 0.1) is 0 Å². The molecule has 0 aliphatic carbocycles. The number of aromatic nitrogens is 1. The minimum absolute atomic E-state index is 0.0269. The highest BCUT2D eigenvalue weighted by molar-refractivity contribution is 7.13. The number of nitrogens with one attached hydrogen (secondary N) is 1. The normalized spacial score (nSPS) is 11.2. The molecule has 1 heterocycles. The first kappa shape index (κ1) is 16.9. The van der Waals surface area contributed by atoms with Gasteiger partial charge in [0.2, 0.25) is 5.91 Å². The van der Waals surface area contributed by atoms with Crippen molar-refractivity contribution in [2.45, 2.75) is 26.4 Å². The van der Waals surface area contributed by atoms with Crippen LogP contribution in [0.5, 0.6) is 0 Å². The van der Waals surface area contributed by atoms with Crippen LogP contribution in [0.1, 0.15) is 19.5 Å². The van der Waals surface area contributed by atoms with Crippen LogP contribution in [-0.2, 0) is 11.3 Å². The molecule has 2 rings (SSSR count). The van der Waals surface area contributed by atoms with E-state index in [2.05, 4.69) is 10.3 Å². The molecule has 1 aromatic carbocycles. The van der Waals surface area contributed by atoms with Gasteiger partial charge in [-0.25, -0.2) is 4.98 Å². The smallest absolute Gasteiger partial charge is 0.234 e. The molecule has 118 valence electrons. The average molecular weight is 338 g/mol. The van der Waals surface area contributed by atoms with Crippen LogP contribution in [0.25, 0.3) is 10.6 Å². The van der Waals surface area contributed by atoms with Crippen LogP contribution < -0.4 is 5.32 Å². The average Bonchev–Trinajstić information content (AvgIpc) is 2.86. The van der Waals surface area contributed by atoms with Crippen LogP contribution in [-0.4, -0.2) is 35.4 Å². The Balaban J connectivity index is 1.97. The van der Waals surface area contributed by atoms with E-state index in [1.54, 1.807) is 11.3 Å². The summed E-state index contributed by atoms with van der Waals surface area (Å²) in [6.45, 7) is 4.89. The van der Waals surface area contributed by atoms with Gasteiger partial charge in [-0.3, -0.25) is 9.69 Å². The molecule has 0 fully saturated rings. The third kappa shape index (κ3) is 4.80. The highest BCUT2D eigenvalue weighted by Crippen LogP contribution is 2.30. The van der Waals surface area contributed by atoms with Gasteiger partial charge in [0.25, 0.3) is 0 Å². The lowest BCUT2D eigenvalue weighted by Crippen LogP contribution is -2.38. The Kier molecular flexibility index (Phi) is 5.94. The highest BCUT2D eigenvalue weighted by Gasteiger charge is 2.12. The summed E-state index contributed by atoms with van der Waals surface area (Å²) in [6, 6.07) is 7.84. The number of halogens is 1. The van der Waals surface area contributed by atoms with Gasteiger partial charge in [0.15, 0.2) is 0 Å². The molecule has 0 aliphatic heterocycles. The van der Waals surface area contributed by atoms with E-state index in [1.807, 2.05) is 55.4 Å². The maximum atomic E-state index is 11.7. The number of likely N-dealkylation sites (N-methyl/N-ethyl adjacent to an activating group) is 1. The molecule has 0 spiro atoms. The van der Waals surface area contributed by atoms with Gasteiger partial charge in [0, 0.05) is 23.5 Å². The van der Waals surface area contributed by atoms with Gasteiger partial charge >= 0.3 is 0 Å². The molecular formula is C16H20ClN3OS. The minimum Gasteiger partial charge on any atom is -0.353 e. The van der Waals surface area contributed by atoms with E-state index in [4.69, 9.17) is 11.6 Å². The zero-order valence-electron chi connectivity index (χ0n) is 13.0. The molecule has 1 amide bonds. The van der Waals surface area contributed by atoms with Crippen LogP contribution in [0.4, 0.5) is 0 Å². The molecule has 1 N–H and O–H groups in total. The molecule has 22 heavy (non-hydrogen) atoms. The molecule has 6 heteroatoms. The van der Waals surface area contributed by atoms with Crippen molar-refractivity contribution in [1.29, 1.82) is 0 Å². The van der Waals surface area contributed by atoms with Crippen molar-refractivity contribution >= 4 is 28.8 Å². The molecule has 4 nitrogen and oxygen atoms in total. The molecular weight excluding hydrogens is 318 g/mol. The van der Waals surface area contributed by atoms with Crippen molar-refractivity contribution in [1.82, 2.24) is 15.2 Å². The van der Waals surface area contributed by atoms with Crippen LogP contribution in [0.15, 0.2) is 29.6 Å². The van der Waals surface area contributed by atoms with Crippen molar-refractivity contribution in [2.75, 3.05) is 13.6 Å². The predicted octanol–water partition coefficient (Wildman–Crippen LogP) is 3.42. The number of rotatable bonds is 6. The van der Waals surface area contributed by atoms with E-state index in [0.717, 1.165) is 16.3 Å². The summed E-state index contributed by atoms with van der Waals surface area (Å²) >= 11 is 7.76.